The Morgan fingerprint density at radius 3 is 2.95 bits per heavy atom. The van der Waals surface area contributed by atoms with Crippen molar-refractivity contribution in [1.82, 2.24) is 20.8 Å². The first-order valence-corrected chi connectivity index (χ1v) is 6.03. The second-order valence-electron chi connectivity index (χ2n) is 3.82. The van der Waals surface area contributed by atoms with Gasteiger partial charge in [-0.25, -0.2) is 0 Å². The highest BCUT2D eigenvalue weighted by molar-refractivity contribution is 6.31. The van der Waals surface area contributed by atoms with E-state index in [2.05, 4.69) is 25.8 Å². The second-order valence-corrected chi connectivity index (χ2v) is 4.18. The number of anilines is 1. The number of hydrogen-bond acceptors (Lipinski definition) is 5. The molecule has 0 radical (unpaired) electrons. The van der Waals surface area contributed by atoms with Crippen LogP contribution in [0.3, 0.4) is 0 Å². The van der Waals surface area contributed by atoms with Crippen molar-refractivity contribution in [2.24, 2.45) is 4.99 Å². The summed E-state index contributed by atoms with van der Waals surface area (Å²) in [6.07, 6.45) is 1.81. The average molecular weight is 282 g/mol. The van der Waals surface area contributed by atoms with Crippen LogP contribution in [-0.2, 0) is 0 Å². The minimum atomic E-state index is 0.368. The van der Waals surface area contributed by atoms with Gasteiger partial charge in [-0.15, -0.1) is 5.10 Å². The first-order valence-electron chi connectivity index (χ1n) is 5.65. The van der Waals surface area contributed by atoms with Gasteiger partial charge in [0.2, 0.25) is 5.96 Å². The predicted molar refractivity (Wildman–Crippen MR) is 75.2 cm³/mol. The zero-order chi connectivity index (χ0) is 14.3. The minimum Gasteiger partial charge on any atom is -0.370 e. The molecule has 102 valence electrons. The number of aryl methyl sites for hydroxylation is 1. The number of aromatic nitrogens is 2. The Bertz CT molecular complexity index is 494. The van der Waals surface area contributed by atoms with Gasteiger partial charge in [0.25, 0.3) is 0 Å². The van der Waals surface area contributed by atoms with Crippen molar-refractivity contribution in [3.63, 3.8) is 0 Å². The van der Waals surface area contributed by atoms with E-state index >= 15 is 0 Å². The maximum atomic E-state index is 8.50. The Hall–Kier alpha value is -2.07. The lowest BCUT2D eigenvalue weighted by molar-refractivity contribution is 0.802. The highest BCUT2D eigenvalue weighted by atomic mass is 35.5. The van der Waals surface area contributed by atoms with Crippen LogP contribution in [0.5, 0.6) is 0 Å². The van der Waals surface area contributed by atoms with Crippen molar-refractivity contribution in [3.05, 3.63) is 16.9 Å². The van der Waals surface area contributed by atoms with Gasteiger partial charge in [0.1, 0.15) is 0 Å². The van der Waals surface area contributed by atoms with Crippen LogP contribution in [0.15, 0.2) is 11.1 Å². The molecule has 1 aromatic heterocycles. The Labute approximate surface area is 117 Å². The number of halogens is 1. The van der Waals surface area contributed by atoms with E-state index in [9.17, 15) is 0 Å². The number of hydrogen-bond donors (Lipinski definition) is 2. The molecule has 0 aliphatic heterocycles. The summed E-state index contributed by atoms with van der Waals surface area (Å²) in [4.78, 5) is 5.84. The molecule has 1 aromatic rings. The van der Waals surface area contributed by atoms with E-state index in [-0.39, 0.29) is 0 Å². The number of aliphatic imine (C=N–C) groups is 1. The van der Waals surface area contributed by atoms with Gasteiger partial charge in [0.05, 0.1) is 11.4 Å². The smallest absolute Gasteiger partial charge is 0.204 e. The molecule has 2 N–H and O–H groups in total. The van der Waals surface area contributed by atoms with Gasteiger partial charge in [0.15, 0.2) is 11.3 Å². The van der Waals surface area contributed by atoms with Crippen molar-refractivity contribution in [2.45, 2.75) is 6.92 Å². The van der Waals surface area contributed by atoms with Crippen LogP contribution in [0, 0.1) is 18.4 Å². The van der Waals surface area contributed by atoms with Crippen molar-refractivity contribution >= 4 is 23.2 Å². The largest absolute Gasteiger partial charge is 0.370 e. The van der Waals surface area contributed by atoms with E-state index in [1.165, 1.54) is 0 Å². The predicted octanol–water partition coefficient (Wildman–Crippen LogP) is 0.521. The summed E-state index contributed by atoms with van der Waals surface area (Å²) in [5.41, 5.74) is 1.63. The van der Waals surface area contributed by atoms with Gasteiger partial charge in [-0.2, -0.15) is 10.4 Å². The number of nitrogens with zero attached hydrogens (tertiary/aromatic N) is 5. The third-order valence-electron chi connectivity index (χ3n) is 2.40. The summed E-state index contributed by atoms with van der Waals surface area (Å²) in [6.45, 7) is 3.14. The molecule has 0 amide bonds. The van der Waals surface area contributed by atoms with Crippen molar-refractivity contribution in [3.8, 4) is 6.19 Å². The van der Waals surface area contributed by atoms with Gasteiger partial charge in [-0.05, 0) is 13.0 Å². The monoisotopic (exact) mass is 281 g/mol. The Morgan fingerprint density at radius 1 is 1.58 bits per heavy atom. The number of nitriles is 1. The minimum absolute atomic E-state index is 0.368. The molecule has 19 heavy (non-hydrogen) atoms. The summed E-state index contributed by atoms with van der Waals surface area (Å²) in [5, 5.41) is 22.1. The third kappa shape index (κ3) is 4.60. The lowest BCUT2D eigenvalue weighted by Crippen LogP contribution is -2.39. The van der Waals surface area contributed by atoms with Crippen LogP contribution in [0.2, 0.25) is 5.15 Å². The quantitative estimate of drug-likeness (QED) is 0.362. The summed E-state index contributed by atoms with van der Waals surface area (Å²) in [7, 11) is 3.51. The zero-order valence-corrected chi connectivity index (χ0v) is 11.9. The number of likely N-dealkylation sites (N-methyl/N-ethyl adjacent to an activating group) is 1. The van der Waals surface area contributed by atoms with Crippen LogP contribution in [-0.4, -0.2) is 43.3 Å². The maximum Gasteiger partial charge on any atom is 0.204 e. The lowest BCUT2D eigenvalue weighted by atomic mass is 10.3. The second kappa shape index (κ2) is 7.38. The van der Waals surface area contributed by atoms with E-state index in [0.717, 1.165) is 11.4 Å². The molecule has 0 aromatic carbocycles. The average Bonchev–Trinajstić information content (AvgIpc) is 2.40. The van der Waals surface area contributed by atoms with E-state index in [0.29, 0.717) is 24.2 Å². The fraction of sp³-hybridized carbons (Fsp3) is 0.455. The lowest BCUT2D eigenvalue weighted by Gasteiger charge is -2.20. The fourth-order valence-electron chi connectivity index (χ4n) is 1.42. The van der Waals surface area contributed by atoms with Crippen LogP contribution >= 0.6 is 11.6 Å². The molecular weight excluding hydrogens is 266 g/mol. The molecule has 0 saturated carbocycles. The fourth-order valence-corrected chi connectivity index (χ4v) is 1.66. The molecule has 0 spiro atoms. The summed E-state index contributed by atoms with van der Waals surface area (Å²) in [6, 6.07) is 1.87. The molecule has 0 aliphatic carbocycles. The van der Waals surface area contributed by atoms with Gasteiger partial charge in [0, 0.05) is 27.2 Å². The van der Waals surface area contributed by atoms with E-state index in [1.54, 1.807) is 7.05 Å². The van der Waals surface area contributed by atoms with Gasteiger partial charge in [-0.1, -0.05) is 11.6 Å². The van der Waals surface area contributed by atoms with Crippen molar-refractivity contribution in [2.75, 3.05) is 32.1 Å². The molecule has 0 atom stereocenters. The van der Waals surface area contributed by atoms with E-state index in [1.807, 2.05) is 31.1 Å². The first kappa shape index (κ1) is 15.0. The highest BCUT2D eigenvalue weighted by Crippen LogP contribution is 2.21. The number of nitrogens with one attached hydrogen (secondary N) is 2. The summed E-state index contributed by atoms with van der Waals surface area (Å²) >= 11 is 5.99. The number of rotatable bonds is 4. The normalized spacial score (nSPS) is 10.8. The summed E-state index contributed by atoms with van der Waals surface area (Å²) in [5.74, 6) is 0.436. The van der Waals surface area contributed by atoms with E-state index in [4.69, 9.17) is 16.9 Å². The molecule has 7 nitrogen and oxygen atoms in total. The highest BCUT2D eigenvalue weighted by Gasteiger charge is 2.08. The third-order valence-corrected chi connectivity index (χ3v) is 2.67. The maximum absolute atomic E-state index is 8.50. The van der Waals surface area contributed by atoms with Crippen LogP contribution in [0.4, 0.5) is 5.69 Å². The molecule has 0 saturated heterocycles. The molecule has 1 heterocycles. The van der Waals surface area contributed by atoms with Crippen LogP contribution < -0.4 is 15.5 Å². The zero-order valence-electron chi connectivity index (χ0n) is 11.1. The van der Waals surface area contributed by atoms with Crippen LogP contribution in [0.1, 0.15) is 5.69 Å². The number of guanidine groups is 1. The van der Waals surface area contributed by atoms with Gasteiger partial charge in [-0.3, -0.25) is 10.3 Å². The molecule has 0 fully saturated rings. The standard InChI is InChI=1S/C11H16ClN7/c1-8-6-9(10(12)18-17-8)19(3)5-4-15-11(14-2)16-7-13/h6H,4-5H2,1-3H3,(H2,14,15,16). The molecule has 0 bridgehead atoms. The van der Waals surface area contributed by atoms with Crippen molar-refractivity contribution < 1.29 is 0 Å². The Kier molecular flexibility index (Phi) is 5.82. The topological polar surface area (TPSA) is 89.2 Å². The van der Waals surface area contributed by atoms with Gasteiger partial charge >= 0.3 is 0 Å². The van der Waals surface area contributed by atoms with E-state index < -0.39 is 0 Å². The van der Waals surface area contributed by atoms with Gasteiger partial charge < -0.3 is 10.2 Å². The SMILES string of the molecule is CN=C(NC#N)NCCN(C)c1cc(C)nnc1Cl. The van der Waals surface area contributed by atoms with Crippen molar-refractivity contribution in [1.29, 1.82) is 5.26 Å². The molecule has 0 unspecified atom stereocenters. The van der Waals surface area contributed by atoms with Crippen LogP contribution in [0.25, 0.3) is 0 Å². The molecule has 1 rings (SSSR count). The first-order chi connectivity index (χ1) is 9.08. The summed E-state index contributed by atoms with van der Waals surface area (Å²) < 4.78 is 0. The Morgan fingerprint density at radius 2 is 2.32 bits per heavy atom. The molecule has 0 aliphatic rings. The molecular formula is C11H16ClN7. The molecule has 8 heteroatoms. The Balaban J connectivity index is 2.54.